The topological polar surface area (TPSA) is 62.4 Å². The smallest absolute Gasteiger partial charge is 0.226 e. The lowest BCUT2D eigenvalue weighted by Crippen LogP contribution is -2.41. The summed E-state index contributed by atoms with van der Waals surface area (Å²) in [6.07, 6.45) is 5.60. The molecule has 1 aliphatic carbocycles. The molecule has 1 aromatic heterocycles. The summed E-state index contributed by atoms with van der Waals surface area (Å²) in [5.41, 5.74) is 0. The van der Waals surface area contributed by atoms with Gasteiger partial charge >= 0.3 is 0 Å². The number of hydrogen-bond acceptors (Lipinski definition) is 5. The lowest BCUT2D eigenvalue weighted by Gasteiger charge is -2.36. The Hall–Kier alpha value is -0.940. The molecule has 0 aliphatic heterocycles. The van der Waals surface area contributed by atoms with Crippen molar-refractivity contribution in [3.63, 3.8) is 0 Å². The van der Waals surface area contributed by atoms with E-state index in [1.165, 1.54) is 19.3 Å². The van der Waals surface area contributed by atoms with Crippen LogP contribution in [0.1, 0.15) is 44.3 Å². The fourth-order valence-electron chi connectivity index (χ4n) is 2.12. The third-order valence-corrected chi connectivity index (χ3v) is 3.30. The van der Waals surface area contributed by atoms with Crippen LogP contribution in [0.25, 0.3) is 0 Å². The molecule has 0 radical (unpaired) electrons. The molecule has 1 aromatic rings. The van der Waals surface area contributed by atoms with Gasteiger partial charge in [0.25, 0.3) is 0 Å². The van der Waals surface area contributed by atoms with Crippen LogP contribution in [0.2, 0.25) is 0 Å². The van der Waals surface area contributed by atoms with Crippen molar-refractivity contribution in [2.45, 2.75) is 51.6 Å². The van der Waals surface area contributed by atoms with Crippen molar-refractivity contribution in [1.29, 1.82) is 0 Å². The van der Waals surface area contributed by atoms with Crippen molar-refractivity contribution >= 4 is 0 Å². The highest BCUT2D eigenvalue weighted by atomic mass is 16.5. The van der Waals surface area contributed by atoms with Gasteiger partial charge in [-0.15, -0.1) is 0 Å². The predicted octanol–water partition coefficient (Wildman–Crippen LogP) is 1.37. The minimum Gasteiger partial charge on any atom is -0.395 e. The van der Waals surface area contributed by atoms with Gasteiger partial charge < -0.3 is 9.63 Å². The first-order valence-electron chi connectivity index (χ1n) is 6.50. The summed E-state index contributed by atoms with van der Waals surface area (Å²) in [6, 6.07) is 0.593. The van der Waals surface area contributed by atoms with E-state index in [1.54, 1.807) is 0 Å². The molecular formula is C12H21N3O2. The molecule has 1 fully saturated rings. The van der Waals surface area contributed by atoms with Gasteiger partial charge in [-0.2, -0.15) is 4.98 Å². The molecule has 5 heteroatoms. The Kier molecular flexibility index (Phi) is 4.50. The number of aryl methyl sites for hydroxylation is 1. The van der Waals surface area contributed by atoms with Gasteiger partial charge in [0.2, 0.25) is 5.89 Å². The maximum Gasteiger partial charge on any atom is 0.226 e. The zero-order valence-corrected chi connectivity index (χ0v) is 10.4. The van der Waals surface area contributed by atoms with Gasteiger partial charge in [-0.3, -0.25) is 4.90 Å². The molecule has 0 spiro atoms. The highest BCUT2D eigenvalue weighted by Gasteiger charge is 2.25. The lowest BCUT2D eigenvalue weighted by molar-refractivity contribution is 0.0912. The zero-order chi connectivity index (χ0) is 12.1. The van der Waals surface area contributed by atoms with E-state index in [-0.39, 0.29) is 6.61 Å². The van der Waals surface area contributed by atoms with Crippen molar-refractivity contribution in [2.24, 2.45) is 0 Å². The zero-order valence-electron chi connectivity index (χ0n) is 10.4. The van der Waals surface area contributed by atoms with E-state index in [2.05, 4.69) is 22.0 Å². The molecule has 0 amide bonds. The summed E-state index contributed by atoms with van der Waals surface area (Å²) in [7, 11) is 0. The van der Waals surface area contributed by atoms with Crippen LogP contribution in [0.15, 0.2) is 4.52 Å². The molecule has 5 nitrogen and oxygen atoms in total. The summed E-state index contributed by atoms with van der Waals surface area (Å²) < 4.78 is 5.17. The van der Waals surface area contributed by atoms with Gasteiger partial charge in [-0.05, 0) is 19.3 Å². The molecule has 96 valence electrons. The molecule has 0 unspecified atom stereocenters. The maximum absolute atomic E-state index is 9.07. The second-order valence-electron chi connectivity index (χ2n) is 4.63. The number of hydrogen-bond donors (Lipinski definition) is 1. The predicted molar refractivity (Wildman–Crippen MR) is 63.4 cm³/mol. The first-order valence-corrected chi connectivity index (χ1v) is 6.50. The molecular weight excluding hydrogens is 218 g/mol. The van der Waals surface area contributed by atoms with Crippen LogP contribution in [0.4, 0.5) is 0 Å². The van der Waals surface area contributed by atoms with Gasteiger partial charge in [0, 0.05) is 19.0 Å². The summed E-state index contributed by atoms with van der Waals surface area (Å²) in [6.45, 7) is 3.67. The molecule has 1 N–H and O–H groups in total. The molecule has 0 saturated heterocycles. The SMILES string of the molecule is CCCc1nc(CN(CCO)C2CCC2)no1. The number of aromatic nitrogens is 2. The number of aliphatic hydroxyl groups excluding tert-OH is 1. The van der Waals surface area contributed by atoms with Crippen LogP contribution in [0, 0.1) is 0 Å². The fourth-order valence-corrected chi connectivity index (χ4v) is 2.12. The summed E-state index contributed by atoms with van der Waals surface area (Å²) >= 11 is 0. The monoisotopic (exact) mass is 239 g/mol. The summed E-state index contributed by atoms with van der Waals surface area (Å²) in [4.78, 5) is 6.62. The minimum absolute atomic E-state index is 0.191. The average molecular weight is 239 g/mol. The summed E-state index contributed by atoms with van der Waals surface area (Å²) in [5.74, 6) is 1.47. The lowest BCUT2D eigenvalue weighted by atomic mass is 9.91. The van der Waals surface area contributed by atoms with E-state index in [0.717, 1.165) is 24.6 Å². The van der Waals surface area contributed by atoms with E-state index in [9.17, 15) is 0 Å². The highest BCUT2D eigenvalue weighted by Crippen LogP contribution is 2.25. The van der Waals surface area contributed by atoms with E-state index < -0.39 is 0 Å². The second-order valence-corrected chi connectivity index (χ2v) is 4.63. The van der Waals surface area contributed by atoms with E-state index in [1.807, 2.05) is 0 Å². The van der Waals surface area contributed by atoms with Gasteiger partial charge in [-0.1, -0.05) is 18.5 Å². The first kappa shape index (κ1) is 12.5. The molecule has 2 rings (SSSR count). The Morgan fingerprint density at radius 1 is 1.47 bits per heavy atom. The van der Waals surface area contributed by atoms with Crippen LogP contribution >= 0.6 is 0 Å². The Bertz CT molecular complexity index is 336. The largest absolute Gasteiger partial charge is 0.395 e. The Morgan fingerprint density at radius 3 is 2.88 bits per heavy atom. The third kappa shape index (κ3) is 3.26. The first-order chi connectivity index (χ1) is 8.33. The van der Waals surface area contributed by atoms with E-state index in [0.29, 0.717) is 19.1 Å². The van der Waals surface area contributed by atoms with Crippen molar-refractivity contribution in [3.8, 4) is 0 Å². The van der Waals surface area contributed by atoms with Gasteiger partial charge in [0.05, 0.1) is 13.2 Å². The second kappa shape index (κ2) is 6.12. The standard InChI is InChI=1S/C12H21N3O2/c1-2-4-12-13-11(14-17-12)9-15(7-8-16)10-5-3-6-10/h10,16H,2-9H2,1H3. The Balaban J connectivity index is 1.90. The Morgan fingerprint density at radius 2 is 2.29 bits per heavy atom. The molecule has 17 heavy (non-hydrogen) atoms. The summed E-state index contributed by atoms with van der Waals surface area (Å²) in [5, 5.41) is 13.1. The molecule has 0 aromatic carbocycles. The molecule has 1 heterocycles. The van der Waals surface area contributed by atoms with Crippen molar-refractivity contribution in [2.75, 3.05) is 13.2 Å². The van der Waals surface area contributed by atoms with Crippen molar-refractivity contribution in [1.82, 2.24) is 15.0 Å². The third-order valence-electron chi connectivity index (χ3n) is 3.30. The van der Waals surface area contributed by atoms with Crippen LogP contribution in [0.5, 0.6) is 0 Å². The van der Waals surface area contributed by atoms with E-state index >= 15 is 0 Å². The van der Waals surface area contributed by atoms with Gasteiger partial charge in [0.1, 0.15) is 0 Å². The molecule has 0 atom stereocenters. The van der Waals surface area contributed by atoms with Crippen molar-refractivity contribution < 1.29 is 9.63 Å². The molecule has 1 aliphatic rings. The van der Waals surface area contributed by atoms with Gasteiger partial charge in [-0.25, -0.2) is 0 Å². The quantitative estimate of drug-likeness (QED) is 0.778. The number of aliphatic hydroxyl groups is 1. The van der Waals surface area contributed by atoms with Crippen molar-refractivity contribution in [3.05, 3.63) is 11.7 Å². The van der Waals surface area contributed by atoms with Crippen LogP contribution in [-0.4, -0.2) is 39.3 Å². The fraction of sp³-hybridized carbons (Fsp3) is 0.833. The molecule has 0 bridgehead atoms. The number of nitrogens with zero attached hydrogens (tertiary/aromatic N) is 3. The Labute approximate surface area is 102 Å². The van der Waals surface area contributed by atoms with Crippen LogP contribution in [0.3, 0.4) is 0 Å². The highest BCUT2D eigenvalue weighted by molar-refractivity contribution is 4.89. The van der Waals surface area contributed by atoms with E-state index in [4.69, 9.17) is 9.63 Å². The van der Waals surface area contributed by atoms with Gasteiger partial charge in [0.15, 0.2) is 5.82 Å². The molecule has 1 saturated carbocycles. The normalized spacial score (nSPS) is 16.4. The van der Waals surface area contributed by atoms with Crippen LogP contribution < -0.4 is 0 Å². The average Bonchev–Trinajstić information content (AvgIpc) is 2.64. The maximum atomic E-state index is 9.07. The number of rotatable bonds is 7. The van der Waals surface area contributed by atoms with Crippen LogP contribution in [-0.2, 0) is 13.0 Å². The minimum atomic E-state index is 0.191.